The molecular weight excluding hydrogens is 462 g/mol. The summed E-state index contributed by atoms with van der Waals surface area (Å²) < 4.78 is 31.8. The van der Waals surface area contributed by atoms with Gasteiger partial charge in [-0.25, -0.2) is 8.42 Å². The Balaban J connectivity index is 1.59. The fourth-order valence-corrected chi connectivity index (χ4v) is 4.76. The maximum atomic E-state index is 12.4. The normalized spacial score (nSPS) is 16.1. The zero-order valence-corrected chi connectivity index (χ0v) is 18.0. The summed E-state index contributed by atoms with van der Waals surface area (Å²) in [6.07, 6.45) is -0.296. The van der Waals surface area contributed by atoms with E-state index in [0.29, 0.717) is 24.4 Å². The van der Waals surface area contributed by atoms with Gasteiger partial charge in [-0.1, -0.05) is 28.1 Å². The van der Waals surface area contributed by atoms with E-state index >= 15 is 0 Å². The van der Waals surface area contributed by atoms with Gasteiger partial charge in [0.1, 0.15) is 5.75 Å². The van der Waals surface area contributed by atoms with Gasteiger partial charge in [-0.2, -0.15) is 0 Å². The van der Waals surface area contributed by atoms with E-state index in [9.17, 15) is 18.0 Å². The minimum Gasteiger partial charge on any atom is -0.481 e. The highest BCUT2D eigenvalue weighted by Crippen LogP contribution is 2.24. The average molecular weight is 482 g/mol. The highest BCUT2D eigenvalue weighted by Gasteiger charge is 2.28. The van der Waals surface area contributed by atoms with Crippen molar-refractivity contribution >= 4 is 43.5 Å². The van der Waals surface area contributed by atoms with Crippen LogP contribution in [-0.2, 0) is 14.8 Å². The molecule has 0 bridgehead atoms. The third-order valence-corrected chi connectivity index (χ3v) is 6.64. The molecule has 0 radical (unpaired) electrons. The molecule has 1 aliphatic heterocycles. The number of hydrogen-bond acceptors (Lipinski definition) is 5. The maximum absolute atomic E-state index is 12.4. The second-order valence-electron chi connectivity index (χ2n) is 6.45. The number of sulfonamides is 1. The molecule has 0 aliphatic carbocycles. The van der Waals surface area contributed by atoms with E-state index < -0.39 is 27.9 Å². The highest BCUT2D eigenvalue weighted by atomic mass is 79.9. The number of anilines is 1. The van der Waals surface area contributed by atoms with Gasteiger partial charge >= 0.3 is 0 Å². The van der Waals surface area contributed by atoms with E-state index in [1.807, 2.05) is 6.07 Å². The number of rotatable bonds is 5. The molecule has 29 heavy (non-hydrogen) atoms. The lowest BCUT2D eigenvalue weighted by atomic mass is 10.2. The van der Waals surface area contributed by atoms with Crippen LogP contribution in [0.1, 0.15) is 23.7 Å². The van der Waals surface area contributed by atoms with Crippen LogP contribution in [0.15, 0.2) is 53.0 Å². The van der Waals surface area contributed by atoms with Crippen molar-refractivity contribution in [3.05, 3.63) is 58.6 Å². The predicted molar refractivity (Wildman–Crippen MR) is 112 cm³/mol. The molecular formula is C19H20BrN3O5S. The van der Waals surface area contributed by atoms with Crippen molar-refractivity contribution in [2.75, 3.05) is 16.6 Å². The molecule has 0 spiro atoms. The first-order valence-electron chi connectivity index (χ1n) is 8.89. The maximum Gasteiger partial charge on any atom is 0.279 e. The van der Waals surface area contributed by atoms with Gasteiger partial charge in [0.2, 0.25) is 10.0 Å². The van der Waals surface area contributed by atoms with Crippen molar-refractivity contribution in [2.45, 2.75) is 19.4 Å². The molecule has 0 aromatic heterocycles. The summed E-state index contributed by atoms with van der Waals surface area (Å²) in [5.74, 6) is -0.494. The SMILES string of the molecule is CC(Oc1cccc(Br)c1)C(=O)NNC(=O)c1cccc(N2CCCS2(=O)=O)c1. The van der Waals surface area contributed by atoms with Crippen molar-refractivity contribution in [1.82, 2.24) is 10.9 Å². The monoisotopic (exact) mass is 481 g/mol. The molecule has 1 fully saturated rings. The van der Waals surface area contributed by atoms with E-state index in [2.05, 4.69) is 26.8 Å². The fraction of sp³-hybridized carbons (Fsp3) is 0.263. The second-order valence-corrected chi connectivity index (χ2v) is 9.38. The summed E-state index contributed by atoms with van der Waals surface area (Å²) in [5.41, 5.74) is 5.28. The molecule has 1 unspecified atom stereocenters. The average Bonchev–Trinajstić information content (AvgIpc) is 3.05. The number of halogens is 1. The van der Waals surface area contributed by atoms with Crippen LogP contribution in [0, 0.1) is 0 Å². The van der Waals surface area contributed by atoms with E-state index in [1.165, 1.54) is 16.4 Å². The van der Waals surface area contributed by atoms with E-state index in [0.717, 1.165) is 4.47 Å². The van der Waals surface area contributed by atoms with E-state index in [1.54, 1.807) is 37.3 Å². The van der Waals surface area contributed by atoms with Gasteiger partial charge in [0.15, 0.2) is 6.10 Å². The molecule has 154 valence electrons. The third kappa shape index (κ3) is 5.27. The Labute approximate surface area is 177 Å². The number of nitrogens with zero attached hydrogens (tertiary/aromatic N) is 1. The minimum absolute atomic E-state index is 0.0926. The zero-order valence-electron chi connectivity index (χ0n) is 15.6. The van der Waals surface area contributed by atoms with Gasteiger partial charge in [-0.15, -0.1) is 0 Å². The first-order valence-corrected chi connectivity index (χ1v) is 11.3. The van der Waals surface area contributed by atoms with Crippen molar-refractivity contribution in [3.63, 3.8) is 0 Å². The Morgan fingerprint density at radius 2 is 1.90 bits per heavy atom. The van der Waals surface area contributed by atoms with Crippen LogP contribution in [0.2, 0.25) is 0 Å². The van der Waals surface area contributed by atoms with Gasteiger partial charge < -0.3 is 4.74 Å². The second kappa shape index (κ2) is 8.83. The number of hydrogen-bond donors (Lipinski definition) is 2. The fourth-order valence-electron chi connectivity index (χ4n) is 2.82. The molecule has 10 heteroatoms. The molecule has 1 saturated heterocycles. The number of hydrazine groups is 1. The van der Waals surface area contributed by atoms with Crippen molar-refractivity contribution < 1.29 is 22.7 Å². The van der Waals surface area contributed by atoms with Crippen molar-refractivity contribution in [2.24, 2.45) is 0 Å². The Morgan fingerprint density at radius 3 is 2.59 bits per heavy atom. The topological polar surface area (TPSA) is 105 Å². The van der Waals surface area contributed by atoms with Gasteiger partial charge in [-0.05, 0) is 49.7 Å². The lowest BCUT2D eigenvalue weighted by molar-refractivity contribution is -0.128. The van der Waals surface area contributed by atoms with Gasteiger partial charge in [-0.3, -0.25) is 24.7 Å². The van der Waals surface area contributed by atoms with Crippen LogP contribution in [0.5, 0.6) is 5.75 Å². The predicted octanol–water partition coefficient (Wildman–Crippen LogP) is 2.22. The summed E-state index contributed by atoms with van der Waals surface area (Å²) in [6, 6.07) is 13.3. The van der Waals surface area contributed by atoms with Crippen LogP contribution in [0.3, 0.4) is 0 Å². The van der Waals surface area contributed by atoms with E-state index in [4.69, 9.17) is 4.74 Å². The summed E-state index contributed by atoms with van der Waals surface area (Å²) in [4.78, 5) is 24.5. The molecule has 0 saturated carbocycles. The highest BCUT2D eigenvalue weighted by molar-refractivity contribution is 9.10. The Hall–Kier alpha value is -2.59. The molecule has 2 amide bonds. The van der Waals surface area contributed by atoms with Gasteiger partial charge in [0.05, 0.1) is 11.4 Å². The number of benzene rings is 2. The number of ether oxygens (including phenoxy) is 1. The molecule has 1 heterocycles. The smallest absolute Gasteiger partial charge is 0.279 e. The first-order chi connectivity index (χ1) is 13.8. The van der Waals surface area contributed by atoms with Crippen molar-refractivity contribution in [1.29, 1.82) is 0 Å². The largest absolute Gasteiger partial charge is 0.481 e. The minimum atomic E-state index is -3.34. The van der Waals surface area contributed by atoms with Crippen LogP contribution in [-0.4, -0.2) is 38.6 Å². The zero-order chi connectivity index (χ0) is 21.0. The molecule has 2 N–H and O–H groups in total. The molecule has 8 nitrogen and oxygen atoms in total. The molecule has 1 atom stereocenters. The lowest BCUT2D eigenvalue weighted by Crippen LogP contribution is -2.47. The standard InChI is InChI=1S/C19H20BrN3O5S/c1-13(28-17-8-3-6-15(20)12-17)18(24)21-22-19(25)14-5-2-7-16(11-14)23-9-4-10-29(23,26)27/h2-3,5-8,11-13H,4,9-10H2,1H3,(H,21,24)(H,22,25). The molecule has 2 aromatic rings. The van der Waals surface area contributed by atoms with Gasteiger partial charge in [0.25, 0.3) is 11.8 Å². The van der Waals surface area contributed by atoms with Gasteiger partial charge in [0, 0.05) is 16.6 Å². The summed E-state index contributed by atoms with van der Waals surface area (Å²) in [5, 5.41) is 0. The molecule has 1 aliphatic rings. The summed E-state index contributed by atoms with van der Waals surface area (Å²) >= 11 is 3.32. The number of nitrogens with one attached hydrogen (secondary N) is 2. The van der Waals surface area contributed by atoms with Crippen LogP contribution in [0.4, 0.5) is 5.69 Å². The van der Waals surface area contributed by atoms with Crippen LogP contribution >= 0.6 is 15.9 Å². The van der Waals surface area contributed by atoms with Crippen LogP contribution < -0.4 is 19.9 Å². The molecule has 3 rings (SSSR count). The van der Waals surface area contributed by atoms with E-state index in [-0.39, 0.29) is 11.3 Å². The van der Waals surface area contributed by atoms with Crippen molar-refractivity contribution in [3.8, 4) is 5.75 Å². The Kier molecular flexibility index (Phi) is 6.43. The number of carbonyl (C=O) groups excluding carboxylic acids is 2. The first kappa shape index (κ1) is 21.1. The lowest BCUT2D eigenvalue weighted by Gasteiger charge is -2.18. The Bertz CT molecular complexity index is 1030. The number of amides is 2. The summed E-state index contributed by atoms with van der Waals surface area (Å²) in [7, 11) is -3.34. The number of carbonyl (C=O) groups is 2. The third-order valence-electron chi connectivity index (χ3n) is 4.27. The molecule has 2 aromatic carbocycles. The summed E-state index contributed by atoms with van der Waals surface area (Å²) in [6.45, 7) is 1.94. The quantitative estimate of drug-likeness (QED) is 0.636. The van der Waals surface area contributed by atoms with Crippen LogP contribution in [0.25, 0.3) is 0 Å². The Morgan fingerprint density at radius 1 is 1.14 bits per heavy atom.